The Balaban J connectivity index is 1.20. The molecule has 1 saturated heterocycles. The van der Waals surface area contributed by atoms with Gasteiger partial charge < -0.3 is 24.6 Å². The van der Waals surface area contributed by atoms with Crippen molar-refractivity contribution in [1.29, 1.82) is 0 Å². The fourth-order valence-corrected chi connectivity index (χ4v) is 8.92. The summed E-state index contributed by atoms with van der Waals surface area (Å²) in [5, 5.41) is 17.6. The summed E-state index contributed by atoms with van der Waals surface area (Å²) < 4.78 is 48.2. The zero-order valence-electron chi connectivity index (χ0n) is 28.2. The van der Waals surface area contributed by atoms with Gasteiger partial charge in [0.25, 0.3) is 11.5 Å². The summed E-state index contributed by atoms with van der Waals surface area (Å²) in [4.78, 5) is 56.7. The molecule has 4 atom stereocenters. The van der Waals surface area contributed by atoms with Crippen LogP contribution in [-0.4, -0.2) is 76.8 Å². The first-order valence-electron chi connectivity index (χ1n) is 17.1. The van der Waals surface area contributed by atoms with Crippen molar-refractivity contribution in [3.63, 3.8) is 0 Å². The van der Waals surface area contributed by atoms with Gasteiger partial charge in [-0.25, -0.2) is 9.97 Å². The number of anilines is 1. The van der Waals surface area contributed by atoms with Gasteiger partial charge in [0.15, 0.2) is 17.3 Å². The fourth-order valence-electron chi connectivity index (χ4n) is 8.69. The lowest BCUT2D eigenvalue weighted by molar-refractivity contribution is -0.137. The molecular weight excluding hydrogens is 705 g/mol. The zero-order chi connectivity index (χ0) is 36.7. The molecule has 17 heteroatoms. The third kappa shape index (κ3) is 5.36. The molecule has 1 saturated carbocycles. The zero-order valence-corrected chi connectivity index (χ0v) is 29.0. The second kappa shape index (κ2) is 12.4. The van der Waals surface area contributed by atoms with Crippen molar-refractivity contribution < 1.29 is 32.6 Å². The smallest absolute Gasteiger partial charge is 0.416 e. The first kappa shape index (κ1) is 34.3. The van der Waals surface area contributed by atoms with Gasteiger partial charge in [-0.15, -0.1) is 5.10 Å². The van der Waals surface area contributed by atoms with E-state index in [1.54, 1.807) is 16.4 Å². The summed E-state index contributed by atoms with van der Waals surface area (Å²) in [6, 6.07) is 2.49. The number of rotatable bonds is 5. The largest absolute Gasteiger partial charge is 0.504 e. The van der Waals surface area contributed by atoms with Crippen LogP contribution in [-0.2, 0) is 27.7 Å². The Kier molecular flexibility index (Phi) is 8.17. The van der Waals surface area contributed by atoms with Crippen molar-refractivity contribution in [1.82, 2.24) is 34.0 Å². The molecule has 4 aromatic rings. The molecule has 4 aliphatic rings. The van der Waals surface area contributed by atoms with Crippen molar-refractivity contribution in [2.24, 2.45) is 5.92 Å². The number of halogens is 4. The molecule has 3 aromatic heterocycles. The summed E-state index contributed by atoms with van der Waals surface area (Å²) in [6.45, 7) is 4.41. The number of likely N-dealkylation sites (tertiary alicyclic amines) is 1. The maximum atomic E-state index is 14.7. The molecule has 272 valence electrons. The van der Waals surface area contributed by atoms with E-state index in [0.29, 0.717) is 68.2 Å². The number of aromatic nitrogens is 6. The number of benzene rings is 1. The minimum atomic E-state index is -4.61. The predicted octanol–water partition coefficient (Wildman–Crippen LogP) is 4.88. The Bertz CT molecular complexity index is 2250. The fraction of sp³-hybridized carbons (Fsp3) is 0.457. The SMILES string of the molecule is Cc1ncnc(C(=O)N2CC[C@]3(C[C@H](C)c4c3c(=O)n3nc(C5=CCOCC5)nc3n4CC(=O)Nc3ccc(C(F)(F)F)cc3Cl)C3CC[C@@H]32)c1O. The van der Waals surface area contributed by atoms with Crippen LogP contribution in [0.25, 0.3) is 11.4 Å². The Morgan fingerprint density at radius 3 is 2.71 bits per heavy atom. The minimum Gasteiger partial charge on any atom is -0.504 e. The van der Waals surface area contributed by atoms with Crippen LogP contribution in [0.1, 0.15) is 83.8 Å². The molecule has 5 heterocycles. The maximum Gasteiger partial charge on any atom is 0.416 e. The number of hydrogen-bond acceptors (Lipinski definition) is 9. The number of alkyl halides is 3. The highest BCUT2D eigenvalue weighted by atomic mass is 35.5. The van der Waals surface area contributed by atoms with Gasteiger partial charge in [0.05, 0.1) is 35.2 Å². The molecule has 2 N–H and O–H groups in total. The first-order valence-corrected chi connectivity index (χ1v) is 17.5. The number of aromatic hydroxyl groups is 1. The predicted molar refractivity (Wildman–Crippen MR) is 181 cm³/mol. The summed E-state index contributed by atoms with van der Waals surface area (Å²) in [6.07, 6.45) is 1.55. The van der Waals surface area contributed by atoms with E-state index in [9.17, 15) is 32.7 Å². The van der Waals surface area contributed by atoms with Crippen LogP contribution in [0.5, 0.6) is 5.75 Å². The lowest BCUT2D eigenvalue weighted by Crippen LogP contribution is -2.63. The lowest BCUT2D eigenvalue weighted by Gasteiger charge is -2.57. The quantitative estimate of drug-likeness (QED) is 0.291. The Labute approximate surface area is 299 Å². The molecular formula is C35H34ClF3N8O5. The van der Waals surface area contributed by atoms with Gasteiger partial charge in [-0.3, -0.25) is 14.4 Å². The van der Waals surface area contributed by atoms with Crippen LogP contribution >= 0.6 is 11.6 Å². The summed E-state index contributed by atoms with van der Waals surface area (Å²) >= 11 is 6.17. The molecule has 2 aliphatic heterocycles. The topological polar surface area (TPSA) is 157 Å². The molecule has 2 amide bonds. The standard InChI is InChI=1S/C35H34ClF3N8O5/c1-17-14-34(9-10-45(24-6-4-21(24)34)32(51)27-29(49)18(2)40-16-41-27)26-28(17)46(15-25(48)42-23-5-3-20(13-22(23)36)35(37,38)39)33-43-30(44-47(33)31(26)50)19-7-11-52-12-8-19/h3,5,7,13,16-17,21,24,49H,4,6,8-12,14-15H2,1-2H3,(H,42,48)/t17-,21?,24-,34-/m0/s1. The average Bonchev–Trinajstić information content (AvgIpc) is 3.66. The van der Waals surface area contributed by atoms with Gasteiger partial charge in [0.1, 0.15) is 12.9 Å². The molecule has 1 unspecified atom stereocenters. The van der Waals surface area contributed by atoms with E-state index in [2.05, 4.69) is 20.4 Å². The van der Waals surface area contributed by atoms with E-state index < -0.39 is 29.0 Å². The molecule has 0 radical (unpaired) electrons. The monoisotopic (exact) mass is 738 g/mol. The van der Waals surface area contributed by atoms with Gasteiger partial charge in [-0.2, -0.15) is 22.7 Å². The summed E-state index contributed by atoms with van der Waals surface area (Å²) in [5.74, 6) is -1.02. The average molecular weight is 739 g/mol. The number of amides is 2. The van der Waals surface area contributed by atoms with Crippen molar-refractivity contribution >= 4 is 40.5 Å². The van der Waals surface area contributed by atoms with Gasteiger partial charge >= 0.3 is 6.18 Å². The highest BCUT2D eigenvalue weighted by Gasteiger charge is 2.60. The van der Waals surface area contributed by atoms with Crippen LogP contribution in [0.2, 0.25) is 5.02 Å². The van der Waals surface area contributed by atoms with Crippen molar-refractivity contribution in [3.8, 4) is 5.75 Å². The second-order valence-electron chi connectivity index (χ2n) is 14.0. The third-order valence-electron chi connectivity index (χ3n) is 11.2. The molecule has 2 aliphatic carbocycles. The number of carbonyl (C=O) groups excluding carboxylic acids is 2. The first-order chi connectivity index (χ1) is 24.8. The molecule has 0 bridgehead atoms. The summed E-state index contributed by atoms with van der Waals surface area (Å²) in [7, 11) is 0. The highest BCUT2D eigenvalue weighted by Crippen LogP contribution is 2.59. The van der Waals surface area contributed by atoms with Crippen molar-refractivity contribution in [2.45, 2.75) is 76.0 Å². The van der Waals surface area contributed by atoms with Crippen LogP contribution in [0.4, 0.5) is 18.9 Å². The second-order valence-corrected chi connectivity index (χ2v) is 14.4. The third-order valence-corrected chi connectivity index (χ3v) is 11.5. The van der Waals surface area contributed by atoms with E-state index in [4.69, 9.17) is 21.3 Å². The number of carbonyl (C=O) groups is 2. The molecule has 1 spiro atoms. The van der Waals surface area contributed by atoms with E-state index in [-0.39, 0.29) is 57.9 Å². The molecule has 2 fully saturated rings. The number of fused-ring (bicyclic) bond motifs is 5. The Hall–Kier alpha value is -4.83. The number of hydrogen-bond donors (Lipinski definition) is 2. The van der Waals surface area contributed by atoms with E-state index in [0.717, 1.165) is 30.2 Å². The minimum absolute atomic E-state index is 0.00618. The number of aryl methyl sites for hydroxylation is 1. The van der Waals surface area contributed by atoms with E-state index in [1.807, 2.05) is 13.0 Å². The number of nitrogens with zero attached hydrogens (tertiary/aromatic N) is 7. The molecule has 1 aromatic carbocycles. The van der Waals surface area contributed by atoms with E-state index in [1.165, 1.54) is 10.8 Å². The van der Waals surface area contributed by atoms with E-state index >= 15 is 0 Å². The van der Waals surface area contributed by atoms with Crippen molar-refractivity contribution in [3.05, 3.63) is 80.0 Å². The Morgan fingerprint density at radius 2 is 2.02 bits per heavy atom. The molecule has 52 heavy (non-hydrogen) atoms. The van der Waals surface area contributed by atoms with Gasteiger partial charge in [0.2, 0.25) is 11.7 Å². The highest BCUT2D eigenvalue weighted by molar-refractivity contribution is 6.33. The number of ether oxygens (including phenoxy) is 1. The molecule has 8 rings (SSSR count). The Morgan fingerprint density at radius 1 is 1.21 bits per heavy atom. The number of piperidine rings is 1. The van der Waals surface area contributed by atoms with Crippen LogP contribution in [0, 0.1) is 12.8 Å². The molecule has 13 nitrogen and oxygen atoms in total. The normalized spacial score (nSPS) is 24.0. The van der Waals surface area contributed by atoms with Crippen LogP contribution in [0.3, 0.4) is 0 Å². The van der Waals surface area contributed by atoms with Gasteiger partial charge in [-0.1, -0.05) is 24.6 Å². The number of nitrogens with one attached hydrogen (secondary N) is 1. The maximum absolute atomic E-state index is 14.7. The van der Waals surface area contributed by atoms with Crippen molar-refractivity contribution in [2.75, 3.05) is 25.1 Å². The van der Waals surface area contributed by atoms with Crippen LogP contribution in [0.15, 0.2) is 35.4 Å². The lowest BCUT2D eigenvalue weighted by atomic mass is 9.55. The summed E-state index contributed by atoms with van der Waals surface area (Å²) in [5.41, 5.74) is 0.307. The van der Waals surface area contributed by atoms with Gasteiger partial charge in [-0.05, 0) is 74.6 Å². The van der Waals surface area contributed by atoms with Crippen LogP contribution < -0.4 is 10.9 Å². The van der Waals surface area contributed by atoms with Gasteiger partial charge in [0, 0.05) is 29.3 Å².